The number of rotatable bonds is 9. The lowest BCUT2D eigenvalue weighted by Crippen LogP contribution is -2.40. The number of guanidine groups is 1. The molecular formula is C15H24FN3O2S2. The number of nitrogens with one attached hydrogen (secondary N) is 2. The Morgan fingerprint density at radius 1 is 1.22 bits per heavy atom. The van der Waals surface area contributed by atoms with Crippen molar-refractivity contribution in [2.45, 2.75) is 18.2 Å². The summed E-state index contributed by atoms with van der Waals surface area (Å²) in [6.45, 7) is 2.72. The van der Waals surface area contributed by atoms with Gasteiger partial charge in [0.2, 0.25) is 0 Å². The molecule has 0 amide bonds. The van der Waals surface area contributed by atoms with Crippen LogP contribution in [0.3, 0.4) is 0 Å². The van der Waals surface area contributed by atoms with Gasteiger partial charge < -0.3 is 10.6 Å². The van der Waals surface area contributed by atoms with Crippen LogP contribution in [0.4, 0.5) is 4.39 Å². The van der Waals surface area contributed by atoms with E-state index < -0.39 is 9.84 Å². The highest BCUT2D eigenvalue weighted by Gasteiger charge is 2.07. The number of nitrogens with zero attached hydrogens (tertiary/aromatic N) is 1. The van der Waals surface area contributed by atoms with Gasteiger partial charge in [-0.1, -0.05) is 6.92 Å². The molecule has 1 aromatic carbocycles. The Kier molecular flexibility index (Phi) is 9.01. The first-order valence-electron chi connectivity index (χ1n) is 7.50. The van der Waals surface area contributed by atoms with Crippen molar-refractivity contribution in [3.05, 3.63) is 30.1 Å². The highest BCUT2D eigenvalue weighted by atomic mass is 32.2. The molecule has 0 saturated heterocycles. The van der Waals surface area contributed by atoms with Gasteiger partial charge in [-0.3, -0.25) is 4.99 Å². The topological polar surface area (TPSA) is 70.6 Å². The molecule has 8 heteroatoms. The van der Waals surface area contributed by atoms with Gasteiger partial charge in [0.25, 0.3) is 0 Å². The maximum atomic E-state index is 12.8. The number of hydrogen-bond donors (Lipinski definition) is 2. The maximum Gasteiger partial charge on any atom is 0.191 e. The van der Waals surface area contributed by atoms with Crippen molar-refractivity contribution in [1.82, 2.24) is 10.6 Å². The van der Waals surface area contributed by atoms with E-state index in [1.165, 1.54) is 12.1 Å². The van der Waals surface area contributed by atoms with Crippen LogP contribution in [-0.2, 0) is 9.84 Å². The minimum absolute atomic E-state index is 0.102. The molecular weight excluding hydrogens is 337 g/mol. The van der Waals surface area contributed by atoms with Crippen LogP contribution in [0.5, 0.6) is 0 Å². The van der Waals surface area contributed by atoms with Gasteiger partial charge in [-0.05, 0) is 36.4 Å². The standard InChI is InChI=1S/C15H24FN3O2S2/c1-3-23(20,21)12-10-19-15(17-2)18-9-4-11-22-14-7-5-13(16)6-8-14/h5-8H,3-4,9-12H2,1-2H3,(H2,17,18,19). The summed E-state index contributed by atoms with van der Waals surface area (Å²) in [4.78, 5) is 5.09. The normalized spacial score (nSPS) is 12.2. The number of hydrogen-bond acceptors (Lipinski definition) is 4. The second kappa shape index (κ2) is 10.5. The molecule has 1 rings (SSSR count). The second-order valence-corrected chi connectivity index (χ2v) is 8.46. The summed E-state index contributed by atoms with van der Waals surface area (Å²) in [5, 5.41) is 6.13. The van der Waals surface area contributed by atoms with Crippen LogP contribution < -0.4 is 10.6 Å². The molecule has 0 bridgehead atoms. The molecule has 0 aliphatic heterocycles. The molecule has 0 saturated carbocycles. The smallest absolute Gasteiger partial charge is 0.191 e. The van der Waals surface area contributed by atoms with E-state index in [2.05, 4.69) is 15.6 Å². The van der Waals surface area contributed by atoms with E-state index in [-0.39, 0.29) is 17.3 Å². The SMILES string of the molecule is CCS(=O)(=O)CCNC(=NC)NCCCSc1ccc(F)cc1. The summed E-state index contributed by atoms with van der Waals surface area (Å²) in [6.07, 6.45) is 0.913. The number of aliphatic imine (C=N–C) groups is 1. The molecule has 0 aliphatic carbocycles. The average Bonchev–Trinajstić information content (AvgIpc) is 2.54. The van der Waals surface area contributed by atoms with Crippen LogP contribution in [0, 0.1) is 5.82 Å². The third-order valence-corrected chi connectivity index (χ3v) is 5.87. The van der Waals surface area contributed by atoms with E-state index in [1.807, 2.05) is 0 Å². The second-order valence-electron chi connectivity index (χ2n) is 4.82. The van der Waals surface area contributed by atoms with E-state index in [1.54, 1.807) is 37.9 Å². The fourth-order valence-corrected chi connectivity index (χ4v) is 3.24. The van der Waals surface area contributed by atoms with Crippen LogP contribution >= 0.6 is 11.8 Å². The summed E-state index contributed by atoms with van der Waals surface area (Å²) < 4.78 is 35.6. The molecule has 0 unspecified atom stereocenters. The minimum Gasteiger partial charge on any atom is -0.356 e. The van der Waals surface area contributed by atoms with Gasteiger partial charge in [0.05, 0.1) is 5.75 Å². The van der Waals surface area contributed by atoms with Crippen LogP contribution in [0.2, 0.25) is 0 Å². The molecule has 5 nitrogen and oxygen atoms in total. The molecule has 0 heterocycles. The van der Waals surface area contributed by atoms with E-state index in [9.17, 15) is 12.8 Å². The summed E-state index contributed by atoms with van der Waals surface area (Å²) in [5.74, 6) is 1.53. The Balaban J connectivity index is 2.16. The van der Waals surface area contributed by atoms with Crippen LogP contribution in [0.1, 0.15) is 13.3 Å². The van der Waals surface area contributed by atoms with Crippen molar-refractivity contribution in [1.29, 1.82) is 0 Å². The van der Waals surface area contributed by atoms with E-state index in [4.69, 9.17) is 0 Å². The minimum atomic E-state index is -2.96. The predicted molar refractivity (Wildman–Crippen MR) is 95.4 cm³/mol. The number of halogens is 1. The van der Waals surface area contributed by atoms with E-state index >= 15 is 0 Å². The number of thioether (sulfide) groups is 1. The molecule has 0 aromatic heterocycles. The largest absolute Gasteiger partial charge is 0.356 e. The molecule has 0 radical (unpaired) electrons. The molecule has 0 spiro atoms. The first-order chi connectivity index (χ1) is 11.0. The van der Waals surface area contributed by atoms with E-state index in [0.29, 0.717) is 12.5 Å². The van der Waals surface area contributed by atoms with Crippen molar-refractivity contribution < 1.29 is 12.8 Å². The average molecular weight is 362 g/mol. The lowest BCUT2D eigenvalue weighted by atomic mass is 10.4. The molecule has 0 fully saturated rings. The molecule has 0 atom stereocenters. The summed E-state index contributed by atoms with van der Waals surface area (Å²) in [7, 11) is -1.31. The monoisotopic (exact) mass is 361 g/mol. The third kappa shape index (κ3) is 8.80. The first kappa shape index (κ1) is 19.8. The fraction of sp³-hybridized carbons (Fsp3) is 0.533. The molecule has 1 aromatic rings. The lowest BCUT2D eigenvalue weighted by molar-refractivity contribution is 0.595. The Morgan fingerprint density at radius 2 is 1.87 bits per heavy atom. The van der Waals surface area contributed by atoms with Gasteiger partial charge in [0.15, 0.2) is 15.8 Å². The molecule has 130 valence electrons. The first-order valence-corrected chi connectivity index (χ1v) is 10.3. The molecule has 0 aliphatic rings. The van der Waals surface area contributed by atoms with Gasteiger partial charge in [0, 0.05) is 30.8 Å². The van der Waals surface area contributed by atoms with Crippen molar-refractivity contribution in [3.8, 4) is 0 Å². The van der Waals surface area contributed by atoms with Crippen LogP contribution in [0.15, 0.2) is 34.2 Å². The van der Waals surface area contributed by atoms with Crippen LogP contribution in [0.25, 0.3) is 0 Å². The highest BCUT2D eigenvalue weighted by molar-refractivity contribution is 7.99. The summed E-state index contributed by atoms with van der Waals surface area (Å²) >= 11 is 1.67. The van der Waals surface area contributed by atoms with Gasteiger partial charge in [0.1, 0.15) is 5.82 Å². The summed E-state index contributed by atoms with van der Waals surface area (Å²) in [5.41, 5.74) is 0. The third-order valence-electron chi connectivity index (χ3n) is 3.06. The Labute approximate surface area is 142 Å². The Morgan fingerprint density at radius 3 is 2.48 bits per heavy atom. The van der Waals surface area contributed by atoms with Gasteiger partial charge in [-0.2, -0.15) is 0 Å². The van der Waals surface area contributed by atoms with Crippen molar-refractivity contribution in [2.75, 3.05) is 37.4 Å². The lowest BCUT2D eigenvalue weighted by Gasteiger charge is -2.11. The number of benzene rings is 1. The van der Waals surface area contributed by atoms with Crippen molar-refractivity contribution >= 4 is 27.6 Å². The summed E-state index contributed by atoms with van der Waals surface area (Å²) in [6, 6.07) is 6.44. The van der Waals surface area contributed by atoms with Gasteiger partial charge in [-0.15, -0.1) is 11.8 Å². The zero-order valence-corrected chi connectivity index (χ0v) is 15.1. The van der Waals surface area contributed by atoms with Crippen molar-refractivity contribution in [2.24, 2.45) is 4.99 Å². The maximum absolute atomic E-state index is 12.8. The number of sulfone groups is 1. The predicted octanol–water partition coefficient (Wildman–Crippen LogP) is 1.91. The van der Waals surface area contributed by atoms with Crippen LogP contribution in [-0.4, -0.2) is 51.8 Å². The quantitative estimate of drug-likeness (QED) is 0.304. The Hall–Kier alpha value is -1.28. The van der Waals surface area contributed by atoms with Gasteiger partial charge >= 0.3 is 0 Å². The molecule has 23 heavy (non-hydrogen) atoms. The fourth-order valence-electron chi connectivity index (χ4n) is 1.69. The van der Waals surface area contributed by atoms with E-state index in [0.717, 1.165) is 23.6 Å². The zero-order valence-electron chi connectivity index (χ0n) is 13.5. The Bertz CT molecular complexity index is 589. The zero-order chi connectivity index (χ0) is 17.1. The highest BCUT2D eigenvalue weighted by Crippen LogP contribution is 2.18. The van der Waals surface area contributed by atoms with Crippen molar-refractivity contribution in [3.63, 3.8) is 0 Å². The van der Waals surface area contributed by atoms with Gasteiger partial charge in [-0.25, -0.2) is 12.8 Å². The molecule has 2 N–H and O–H groups in total.